The Balaban J connectivity index is 1.92. The smallest absolute Gasteiger partial charge is 0.238 e. The first-order chi connectivity index (χ1) is 10.4. The summed E-state index contributed by atoms with van der Waals surface area (Å²) in [6.07, 6.45) is 2.70. The number of carbonyl (C=O) groups excluding carboxylic acids is 1. The fourth-order valence-electron chi connectivity index (χ4n) is 1.89. The molecule has 0 unspecified atom stereocenters. The number of anilines is 1. The van der Waals surface area contributed by atoms with Gasteiger partial charge in [-0.25, -0.2) is 8.42 Å². The monoisotopic (exact) mass is 322 g/mol. The van der Waals surface area contributed by atoms with Gasteiger partial charge in [0.2, 0.25) is 5.91 Å². The van der Waals surface area contributed by atoms with Crippen LogP contribution in [0.2, 0.25) is 0 Å². The number of hydrogen-bond donors (Lipinski definition) is 2. The molecule has 2 N–H and O–H groups in total. The number of hydrogen-bond acceptors (Lipinski definition) is 5. The molecule has 1 atom stereocenters. The molecule has 0 bridgehead atoms. The third-order valence-electron chi connectivity index (χ3n) is 3.08. The summed E-state index contributed by atoms with van der Waals surface area (Å²) < 4.78 is 28.2. The Labute approximate surface area is 129 Å². The number of nitrogens with one attached hydrogen (secondary N) is 2. The molecule has 0 saturated heterocycles. The quantitative estimate of drug-likeness (QED) is 0.849. The molecule has 1 heterocycles. The van der Waals surface area contributed by atoms with Crippen LogP contribution in [0.25, 0.3) is 0 Å². The molecule has 0 radical (unpaired) electrons. The van der Waals surface area contributed by atoms with Crippen LogP contribution >= 0.6 is 0 Å². The summed E-state index contributed by atoms with van der Waals surface area (Å²) in [4.78, 5) is 12.1. The van der Waals surface area contributed by atoms with Crippen LogP contribution in [0.4, 0.5) is 5.69 Å². The average molecular weight is 322 g/mol. The second-order valence-electron chi connectivity index (χ2n) is 4.97. The van der Waals surface area contributed by atoms with E-state index in [-0.39, 0.29) is 23.4 Å². The van der Waals surface area contributed by atoms with Crippen LogP contribution < -0.4 is 10.6 Å². The minimum absolute atomic E-state index is 0.0883. The van der Waals surface area contributed by atoms with Crippen LogP contribution in [0.1, 0.15) is 18.7 Å². The molecule has 6 nitrogen and oxygen atoms in total. The fourth-order valence-corrected chi connectivity index (χ4v) is 2.56. The first-order valence-corrected chi connectivity index (χ1v) is 8.62. The lowest BCUT2D eigenvalue weighted by Gasteiger charge is -2.11. The molecule has 0 aliphatic rings. The van der Waals surface area contributed by atoms with Gasteiger partial charge in [0.05, 0.1) is 23.7 Å². The van der Waals surface area contributed by atoms with Crippen LogP contribution in [-0.4, -0.2) is 27.1 Å². The van der Waals surface area contributed by atoms with Crippen molar-refractivity contribution in [3.63, 3.8) is 0 Å². The number of benzene rings is 1. The second-order valence-corrected chi connectivity index (χ2v) is 6.98. The van der Waals surface area contributed by atoms with Crippen molar-refractivity contribution in [2.45, 2.75) is 17.9 Å². The summed E-state index contributed by atoms with van der Waals surface area (Å²) in [5.41, 5.74) is 0.445. The van der Waals surface area contributed by atoms with E-state index in [1.807, 2.05) is 13.0 Å². The summed E-state index contributed by atoms with van der Waals surface area (Å²) in [6, 6.07) is 9.66. The predicted octanol–water partition coefficient (Wildman–Crippen LogP) is 1.97. The van der Waals surface area contributed by atoms with E-state index < -0.39 is 9.84 Å². The maximum absolute atomic E-state index is 11.9. The third kappa shape index (κ3) is 4.44. The van der Waals surface area contributed by atoms with E-state index in [0.717, 1.165) is 12.0 Å². The molecule has 1 amide bonds. The van der Waals surface area contributed by atoms with Crippen molar-refractivity contribution in [3.05, 3.63) is 48.4 Å². The van der Waals surface area contributed by atoms with Crippen LogP contribution in [0.5, 0.6) is 0 Å². The van der Waals surface area contributed by atoms with Gasteiger partial charge in [-0.1, -0.05) is 6.07 Å². The van der Waals surface area contributed by atoms with Crippen molar-refractivity contribution in [2.24, 2.45) is 0 Å². The highest BCUT2D eigenvalue weighted by atomic mass is 32.2. The van der Waals surface area contributed by atoms with Gasteiger partial charge in [-0.2, -0.15) is 0 Å². The highest BCUT2D eigenvalue weighted by Gasteiger charge is 2.11. The summed E-state index contributed by atoms with van der Waals surface area (Å²) >= 11 is 0. The van der Waals surface area contributed by atoms with Crippen molar-refractivity contribution >= 4 is 21.4 Å². The minimum Gasteiger partial charge on any atom is -0.468 e. The van der Waals surface area contributed by atoms with Crippen molar-refractivity contribution in [1.29, 1.82) is 0 Å². The van der Waals surface area contributed by atoms with E-state index in [4.69, 9.17) is 4.42 Å². The van der Waals surface area contributed by atoms with Crippen LogP contribution in [-0.2, 0) is 14.6 Å². The Morgan fingerprint density at radius 1 is 1.27 bits per heavy atom. The number of furan rings is 1. The molecule has 0 aliphatic heterocycles. The zero-order valence-corrected chi connectivity index (χ0v) is 13.2. The number of rotatable bonds is 6. The molecule has 118 valence electrons. The van der Waals surface area contributed by atoms with Gasteiger partial charge >= 0.3 is 0 Å². The molecule has 0 saturated carbocycles. The maximum Gasteiger partial charge on any atom is 0.238 e. The standard InChI is InChI=1S/C15H18N2O4S/c1-11(14-7-4-8-21-14)16-10-15(18)17-12-5-3-6-13(9-12)22(2,19)20/h3-9,11,16H,10H2,1-2H3,(H,17,18)/t11-/m0/s1. The molecule has 1 aromatic carbocycles. The summed E-state index contributed by atoms with van der Waals surface area (Å²) in [5, 5.41) is 5.68. The molecule has 2 rings (SSSR count). The number of carbonyl (C=O) groups is 1. The molecule has 1 aromatic heterocycles. The molecule has 0 aliphatic carbocycles. The van der Waals surface area contributed by atoms with Gasteiger partial charge in [-0.3, -0.25) is 10.1 Å². The van der Waals surface area contributed by atoms with Crippen LogP contribution in [0, 0.1) is 0 Å². The first kappa shape index (κ1) is 16.3. The molecule has 2 aromatic rings. The average Bonchev–Trinajstić information content (AvgIpc) is 2.98. The van der Waals surface area contributed by atoms with Gasteiger partial charge in [0.1, 0.15) is 5.76 Å². The van der Waals surface area contributed by atoms with Crippen molar-refractivity contribution in [3.8, 4) is 0 Å². The first-order valence-electron chi connectivity index (χ1n) is 6.73. The Bertz CT molecular complexity index is 739. The third-order valence-corrected chi connectivity index (χ3v) is 4.19. The van der Waals surface area contributed by atoms with E-state index in [1.54, 1.807) is 24.5 Å². The summed E-state index contributed by atoms with van der Waals surface area (Å²) in [5.74, 6) is 0.482. The molecule has 22 heavy (non-hydrogen) atoms. The molecule has 7 heteroatoms. The minimum atomic E-state index is -3.30. The largest absolute Gasteiger partial charge is 0.468 e. The van der Waals surface area contributed by atoms with Crippen molar-refractivity contribution in [1.82, 2.24) is 5.32 Å². The van der Waals surface area contributed by atoms with E-state index >= 15 is 0 Å². The van der Waals surface area contributed by atoms with Crippen LogP contribution in [0.3, 0.4) is 0 Å². The summed E-state index contributed by atoms with van der Waals surface area (Å²) in [6.45, 7) is 1.97. The topological polar surface area (TPSA) is 88.4 Å². The second kappa shape index (κ2) is 6.76. The highest BCUT2D eigenvalue weighted by Crippen LogP contribution is 2.15. The van der Waals surface area contributed by atoms with Gasteiger partial charge in [-0.05, 0) is 37.3 Å². The van der Waals surface area contributed by atoms with E-state index in [2.05, 4.69) is 10.6 Å². The van der Waals surface area contributed by atoms with Gasteiger partial charge in [0.15, 0.2) is 9.84 Å². The Morgan fingerprint density at radius 2 is 2.05 bits per heavy atom. The van der Waals surface area contributed by atoms with Crippen molar-refractivity contribution in [2.75, 3.05) is 18.1 Å². The molecule has 0 fully saturated rings. The lowest BCUT2D eigenvalue weighted by atomic mass is 10.2. The van der Waals surface area contributed by atoms with Gasteiger partial charge < -0.3 is 9.73 Å². The zero-order valence-electron chi connectivity index (χ0n) is 12.4. The Hall–Kier alpha value is -2.12. The zero-order chi connectivity index (χ0) is 16.2. The van der Waals surface area contributed by atoms with E-state index in [0.29, 0.717) is 5.69 Å². The van der Waals surface area contributed by atoms with Gasteiger partial charge in [-0.15, -0.1) is 0 Å². The molecule has 0 spiro atoms. The maximum atomic E-state index is 11.9. The Kier molecular flexibility index (Phi) is 4.99. The number of amides is 1. The lowest BCUT2D eigenvalue weighted by Crippen LogP contribution is -2.30. The normalized spacial score (nSPS) is 12.8. The fraction of sp³-hybridized carbons (Fsp3) is 0.267. The predicted molar refractivity (Wildman–Crippen MR) is 83.3 cm³/mol. The number of sulfone groups is 1. The van der Waals surface area contributed by atoms with Crippen LogP contribution in [0.15, 0.2) is 52.0 Å². The summed E-state index contributed by atoms with van der Waals surface area (Å²) in [7, 11) is -3.30. The van der Waals surface area contributed by atoms with Crippen molar-refractivity contribution < 1.29 is 17.6 Å². The van der Waals surface area contributed by atoms with Gasteiger partial charge in [0.25, 0.3) is 0 Å². The molecular formula is C15H18N2O4S. The van der Waals surface area contributed by atoms with Gasteiger partial charge in [0, 0.05) is 11.9 Å². The van der Waals surface area contributed by atoms with E-state index in [9.17, 15) is 13.2 Å². The Morgan fingerprint density at radius 3 is 2.68 bits per heavy atom. The van der Waals surface area contributed by atoms with E-state index in [1.165, 1.54) is 12.1 Å². The highest BCUT2D eigenvalue weighted by molar-refractivity contribution is 7.90. The SMILES string of the molecule is C[C@H](NCC(=O)Nc1cccc(S(C)(=O)=O)c1)c1ccco1. The molecular weight excluding hydrogens is 304 g/mol. The lowest BCUT2D eigenvalue weighted by molar-refractivity contribution is -0.115.